The molecule has 0 amide bonds. The van der Waals surface area contributed by atoms with Crippen LogP contribution in [0, 0.1) is 0 Å². The fraction of sp³-hybridized carbons (Fsp3) is 0.214. The van der Waals surface area contributed by atoms with E-state index in [2.05, 4.69) is 15.6 Å². The zero-order chi connectivity index (χ0) is 13.5. The van der Waals surface area contributed by atoms with Crippen LogP contribution in [0.1, 0.15) is 22.1 Å². The molecule has 0 radical (unpaired) electrons. The van der Waals surface area contributed by atoms with Crippen molar-refractivity contribution in [1.29, 1.82) is 0 Å². The summed E-state index contributed by atoms with van der Waals surface area (Å²) in [6, 6.07) is 8.11. The molecule has 0 saturated carbocycles. The lowest BCUT2D eigenvalue weighted by atomic mass is 10.1. The van der Waals surface area contributed by atoms with E-state index in [-0.39, 0.29) is 5.78 Å². The fourth-order valence-corrected chi connectivity index (χ4v) is 3.24. The Kier molecular flexibility index (Phi) is 2.64. The second-order valence-corrected chi connectivity index (χ2v) is 5.79. The van der Waals surface area contributed by atoms with Crippen LogP contribution in [0.5, 0.6) is 0 Å². The van der Waals surface area contributed by atoms with E-state index in [9.17, 15) is 4.79 Å². The molecule has 0 aliphatic carbocycles. The van der Waals surface area contributed by atoms with Gasteiger partial charge in [-0.05, 0) is 22.9 Å². The maximum Gasteiger partial charge on any atom is 0.216 e. The van der Waals surface area contributed by atoms with Gasteiger partial charge in [0.2, 0.25) is 5.78 Å². The van der Waals surface area contributed by atoms with Gasteiger partial charge < -0.3 is 5.32 Å². The second-order valence-electron chi connectivity index (χ2n) is 4.87. The lowest BCUT2D eigenvalue weighted by Crippen LogP contribution is -2.43. The molecule has 1 aromatic carbocycles. The molecule has 1 aliphatic rings. The van der Waals surface area contributed by atoms with Crippen LogP contribution in [0.3, 0.4) is 0 Å². The highest BCUT2D eigenvalue weighted by Crippen LogP contribution is 2.26. The lowest BCUT2D eigenvalue weighted by Gasteiger charge is -2.26. The Morgan fingerprint density at radius 1 is 1.35 bits per heavy atom. The maximum atomic E-state index is 12.6. The summed E-state index contributed by atoms with van der Waals surface area (Å²) in [6.45, 7) is 1.77. The first-order chi connectivity index (χ1) is 9.83. The summed E-state index contributed by atoms with van der Waals surface area (Å²) in [5.41, 5.74) is 1.12. The number of rotatable bonds is 3. The molecule has 5 nitrogen and oxygen atoms in total. The van der Waals surface area contributed by atoms with Crippen LogP contribution in [0.2, 0.25) is 0 Å². The number of nitrogens with one attached hydrogen (secondary N) is 1. The highest BCUT2D eigenvalue weighted by molar-refractivity contribution is 7.17. The van der Waals surface area contributed by atoms with Gasteiger partial charge in [0.1, 0.15) is 0 Å². The minimum Gasteiger partial charge on any atom is -0.312 e. The van der Waals surface area contributed by atoms with Gasteiger partial charge in [0.05, 0.1) is 12.2 Å². The van der Waals surface area contributed by atoms with E-state index in [0.29, 0.717) is 17.3 Å². The predicted octanol–water partition coefficient (Wildman–Crippen LogP) is 1.87. The molecule has 3 heterocycles. The molecule has 0 unspecified atom stereocenters. The van der Waals surface area contributed by atoms with E-state index in [1.807, 2.05) is 29.6 Å². The van der Waals surface area contributed by atoms with E-state index in [0.717, 1.165) is 23.2 Å². The zero-order valence-electron chi connectivity index (χ0n) is 10.6. The molecule has 0 spiro atoms. The average Bonchev–Trinajstić information content (AvgIpc) is 3.03. The topological polar surface area (TPSA) is 59.8 Å². The van der Waals surface area contributed by atoms with E-state index >= 15 is 0 Å². The van der Waals surface area contributed by atoms with Crippen LogP contribution in [0.15, 0.2) is 35.8 Å². The SMILES string of the molecule is O=C(c1cn(C2CNC2)nn1)c1cccc2ccsc12. The van der Waals surface area contributed by atoms with Crippen LogP contribution in [-0.4, -0.2) is 33.9 Å². The lowest BCUT2D eigenvalue weighted by molar-refractivity contribution is 0.103. The van der Waals surface area contributed by atoms with E-state index in [4.69, 9.17) is 0 Å². The minimum absolute atomic E-state index is 0.0587. The molecule has 1 saturated heterocycles. The zero-order valence-corrected chi connectivity index (χ0v) is 11.4. The molecule has 0 atom stereocenters. The van der Waals surface area contributed by atoms with Gasteiger partial charge in [0.15, 0.2) is 5.69 Å². The van der Waals surface area contributed by atoms with Crippen molar-refractivity contribution >= 4 is 27.2 Å². The molecule has 1 fully saturated rings. The van der Waals surface area contributed by atoms with Gasteiger partial charge in [0, 0.05) is 23.4 Å². The number of aromatic nitrogens is 3. The van der Waals surface area contributed by atoms with Crippen LogP contribution in [-0.2, 0) is 0 Å². The van der Waals surface area contributed by atoms with Crippen molar-refractivity contribution < 1.29 is 4.79 Å². The van der Waals surface area contributed by atoms with Gasteiger partial charge >= 0.3 is 0 Å². The molecular weight excluding hydrogens is 272 g/mol. The number of thiophene rings is 1. The first-order valence-electron chi connectivity index (χ1n) is 6.46. The molecule has 20 heavy (non-hydrogen) atoms. The number of carbonyl (C=O) groups is 1. The van der Waals surface area contributed by atoms with Crippen molar-refractivity contribution in [3.8, 4) is 0 Å². The Bertz CT molecular complexity index is 787. The van der Waals surface area contributed by atoms with Gasteiger partial charge in [-0.3, -0.25) is 4.79 Å². The molecule has 1 N–H and O–H groups in total. The largest absolute Gasteiger partial charge is 0.312 e. The smallest absolute Gasteiger partial charge is 0.216 e. The maximum absolute atomic E-state index is 12.6. The number of hydrogen-bond donors (Lipinski definition) is 1. The molecule has 3 aromatic rings. The fourth-order valence-electron chi connectivity index (χ4n) is 2.33. The Morgan fingerprint density at radius 2 is 2.25 bits per heavy atom. The van der Waals surface area contributed by atoms with Gasteiger partial charge in [-0.15, -0.1) is 16.4 Å². The van der Waals surface area contributed by atoms with E-state index < -0.39 is 0 Å². The summed E-state index contributed by atoms with van der Waals surface area (Å²) in [4.78, 5) is 12.6. The molecule has 6 heteroatoms. The average molecular weight is 284 g/mol. The quantitative estimate of drug-likeness (QED) is 0.746. The third kappa shape index (κ3) is 1.76. The third-order valence-electron chi connectivity index (χ3n) is 3.60. The van der Waals surface area contributed by atoms with Crippen molar-refractivity contribution in [1.82, 2.24) is 20.3 Å². The Balaban J connectivity index is 1.72. The number of carbonyl (C=O) groups excluding carboxylic acids is 1. The number of benzene rings is 1. The van der Waals surface area contributed by atoms with Crippen LogP contribution < -0.4 is 5.32 Å². The Labute approximate surface area is 119 Å². The Hall–Kier alpha value is -2.05. The monoisotopic (exact) mass is 284 g/mol. The van der Waals surface area contributed by atoms with Crippen LogP contribution in [0.4, 0.5) is 0 Å². The number of nitrogens with zero attached hydrogens (tertiary/aromatic N) is 3. The molecule has 4 rings (SSSR count). The highest BCUT2D eigenvalue weighted by Gasteiger charge is 2.22. The number of fused-ring (bicyclic) bond motifs is 1. The van der Waals surface area contributed by atoms with Crippen LogP contribution in [0.25, 0.3) is 10.1 Å². The van der Waals surface area contributed by atoms with Crippen LogP contribution >= 0.6 is 11.3 Å². The van der Waals surface area contributed by atoms with Gasteiger partial charge in [-0.1, -0.05) is 17.3 Å². The first-order valence-corrected chi connectivity index (χ1v) is 7.34. The van der Waals surface area contributed by atoms with Crippen molar-refractivity contribution in [3.05, 3.63) is 47.1 Å². The van der Waals surface area contributed by atoms with Gasteiger partial charge in [-0.25, -0.2) is 4.68 Å². The molecule has 100 valence electrons. The van der Waals surface area contributed by atoms with Gasteiger partial charge in [0.25, 0.3) is 0 Å². The van der Waals surface area contributed by atoms with Crippen molar-refractivity contribution in [2.45, 2.75) is 6.04 Å². The summed E-state index contributed by atoms with van der Waals surface area (Å²) in [7, 11) is 0. The van der Waals surface area contributed by atoms with Crippen molar-refractivity contribution in [2.24, 2.45) is 0 Å². The standard InChI is InChI=1S/C14H12N4OS/c19-13(11-3-1-2-9-4-5-20-14(9)11)12-8-18(17-16-12)10-6-15-7-10/h1-5,8,10,15H,6-7H2. The molecular formula is C14H12N4OS. The highest BCUT2D eigenvalue weighted by atomic mass is 32.1. The first kappa shape index (κ1) is 11.7. The van der Waals surface area contributed by atoms with Crippen molar-refractivity contribution in [2.75, 3.05) is 13.1 Å². The normalized spacial score (nSPS) is 15.4. The second kappa shape index (κ2) is 4.50. The van der Waals surface area contributed by atoms with E-state index in [1.54, 1.807) is 22.2 Å². The summed E-state index contributed by atoms with van der Waals surface area (Å²) >= 11 is 1.58. The molecule has 0 bridgehead atoms. The summed E-state index contributed by atoms with van der Waals surface area (Å²) in [5, 5.41) is 14.4. The third-order valence-corrected chi connectivity index (χ3v) is 4.56. The minimum atomic E-state index is -0.0587. The summed E-state index contributed by atoms with van der Waals surface area (Å²) < 4.78 is 2.79. The molecule has 2 aromatic heterocycles. The van der Waals surface area contributed by atoms with Gasteiger partial charge in [-0.2, -0.15) is 0 Å². The number of hydrogen-bond acceptors (Lipinski definition) is 5. The number of ketones is 1. The Morgan fingerprint density at radius 3 is 3.05 bits per heavy atom. The summed E-state index contributed by atoms with van der Waals surface area (Å²) in [5.74, 6) is -0.0587. The van der Waals surface area contributed by atoms with E-state index in [1.165, 1.54) is 0 Å². The summed E-state index contributed by atoms with van der Waals surface area (Å²) in [6.07, 6.45) is 1.75. The predicted molar refractivity (Wildman–Crippen MR) is 77.2 cm³/mol. The molecule has 1 aliphatic heterocycles. The van der Waals surface area contributed by atoms with Crippen molar-refractivity contribution in [3.63, 3.8) is 0 Å².